The third-order valence-corrected chi connectivity index (χ3v) is 8.74. The van der Waals surface area contributed by atoms with Gasteiger partial charge in [-0.2, -0.15) is 0 Å². The van der Waals surface area contributed by atoms with Crippen LogP contribution in [0.15, 0.2) is 60.7 Å². The molecule has 3 aromatic carbocycles. The summed E-state index contributed by atoms with van der Waals surface area (Å²) in [4.78, 5) is 1.31. The van der Waals surface area contributed by atoms with Gasteiger partial charge in [-0.25, -0.2) is 0 Å². The van der Waals surface area contributed by atoms with Crippen LogP contribution >= 0.6 is 34.0 Å². The van der Waals surface area contributed by atoms with E-state index in [1.807, 2.05) is 29.7 Å². The Balaban J connectivity index is 1.58. The highest BCUT2D eigenvalue weighted by Crippen LogP contribution is 2.43. The maximum Gasteiger partial charge on any atom is 0.0886 e. The smallest absolute Gasteiger partial charge is 0.0886 e. The van der Waals surface area contributed by atoms with Crippen LogP contribution in [0.4, 0.5) is 5.00 Å². The molecule has 0 fully saturated rings. The summed E-state index contributed by atoms with van der Waals surface area (Å²) in [6, 6.07) is 22.8. The average molecular weight is 416 g/mol. The minimum absolute atomic E-state index is 1.20. The Hall–Kier alpha value is -2.40. The van der Waals surface area contributed by atoms with E-state index in [1.165, 1.54) is 61.3 Å². The van der Waals surface area contributed by atoms with Crippen molar-refractivity contribution >= 4 is 79.4 Å². The topological polar surface area (TPSA) is 12.0 Å². The zero-order chi connectivity index (χ0) is 18.8. The molecule has 6 aromatic rings. The molecule has 0 radical (unpaired) electrons. The van der Waals surface area contributed by atoms with Crippen molar-refractivity contribution in [3.8, 4) is 10.4 Å². The molecular weight excluding hydrogens is 398 g/mol. The lowest BCUT2D eigenvalue weighted by atomic mass is 10.1. The van der Waals surface area contributed by atoms with Crippen molar-refractivity contribution in [3.05, 3.63) is 66.2 Å². The van der Waals surface area contributed by atoms with Gasteiger partial charge in [0.2, 0.25) is 0 Å². The minimum atomic E-state index is 1.20. The Morgan fingerprint density at radius 1 is 0.607 bits per heavy atom. The Kier molecular flexibility index (Phi) is 3.57. The fourth-order valence-corrected chi connectivity index (χ4v) is 7.18. The van der Waals surface area contributed by atoms with E-state index >= 15 is 0 Å². The molecule has 1 N–H and O–H groups in total. The summed E-state index contributed by atoms with van der Waals surface area (Å²) >= 11 is 5.62. The molecule has 0 aliphatic heterocycles. The van der Waals surface area contributed by atoms with E-state index in [1.54, 1.807) is 11.3 Å². The van der Waals surface area contributed by atoms with Crippen LogP contribution in [-0.4, -0.2) is 7.05 Å². The van der Waals surface area contributed by atoms with Gasteiger partial charge in [0, 0.05) is 52.3 Å². The van der Waals surface area contributed by atoms with E-state index in [4.69, 9.17) is 0 Å². The fourth-order valence-electron chi connectivity index (χ4n) is 3.93. The van der Waals surface area contributed by atoms with Gasteiger partial charge in [0.1, 0.15) is 0 Å². The highest BCUT2D eigenvalue weighted by Gasteiger charge is 2.12. The molecule has 4 heteroatoms. The van der Waals surface area contributed by atoms with E-state index in [0.29, 0.717) is 0 Å². The largest absolute Gasteiger partial charge is 0.380 e. The first-order valence-electron chi connectivity index (χ1n) is 9.27. The summed E-state index contributed by atoms with van der Waals surface area (Å²) in [5.41, 5.74) is 2.63. The molecule has 0 unspecified atom stereocenters. The zero-order valence-corrected chi connectivity index (χ0v) is 17.9. The fraction of sp³-hybridized carbons (Fsp3) is 0.0833. The maximum absolute atomic E-state index is 3.23. The second-order valence-corrected chi connectivity index (χ2v) is 10.4. The SMILES string of the molecule is CNc1ccc(-c2ccc3c(c2)sc2cc4c(cc23)sc2cc(C)ccc24)s1. The first-order chi connectivity index (χ1) is 13.7. The minimum Gasteiger partial charge on any atom is -0.380 e. The number of fused-ring (bicyclic) bond motifs is 6. The van der Waals surface area contributed by atoms with Crippen molar-refractivity contribution in [1.82, 2.24) is 0 Å². The van der Waals surface area contributed by atoms with Crippen LogP contribution in [0.1, 0.15) is 5.56 Å². The summed E-state index contributed by atoms with van der Waals surface area (Å²) in [6.07, 6.45) is 0. The summed E-state index contributed by atoms with van der Waals surface area (Å²) in [6.45, 7) is 2.17. The summed E-state index contributed by atoms with van der Waals surface area (Å²) in [7, 11) is 1.97. The molecule has 1 nitrogen and oxygen atoms in total. The molecule has 3 aromatic heterocycles. The van der Waals surface area contributed by atoms with Gasteiger partial charge in [-0.15, -0.1) is 34.0 Å². The summed E-state index contributed by atoms with van der Waals surface area (Å²) < 4.78 is 5.51. The average Bonchev–Trinajstić information content (AvgIpc) is 3.39. The van der Waals surface area contributed by atoms with Gasteiger partial charge in [0.15, 0.2) is 0 Å². The number of nitrogens with one attached hydrogen (secondary N) is 1. The van der Waals surface area contributed by atoms with Crippen molar-refractivity contribution in [2.75, 3.05) is 12.4 Å². The molecular formula is C24H17NS3. The van der Waals surface area contributed by atoms with Gasteiger partial charge >= 0.3 is 0 Å². The predicted octanol–water partition coefficient (Wildman–Crippen LogP) is 8.50. The number of rotatable bonds is 2. The van der Waals surface area contributed by atoms with Gasteiger partial charge in [-0.1, -0.05) is 24.3 Å². The number of thiophene rings is 3. The third kappa shape index (κ3) is 2.42. The van der Waals surface area contributed by atoms with Crippen molar-refractivity contribution in [2.24, 2.45) is 0 Å². The lowest BCUT2D eigenvalue weighted by Crippen LogP contribution is -1.79. The molecule has 3 heterocycles. The second kappa shape index (κ2) is 6.05. The molecule has 0 bridgehead atoms. The van der Waals surface area contributed by atoms with E-state index in [9.17, 15) is 0 Å². The van der Waals surface area contributed by atoms with E-state index in [0.717, 1.165) is 0 Å². The Bertz CT molecular complexity index is 1510. The Morgan fingerprint density at radius 2 is 1.25 bits per heavy atom. The van der Waals surface area contributed by atoms with Gasteiger partial charge in [0.25, 0.3) is 0 Å². The van der Waals surface area contributed by atoms with Crippen LogP contribution < -0.4 is 5.32 Å². The molecule has 0 saturated heterocycles. The Morgan fingerprint density at radius 3 is 1.93 bits per heavy atom. The van der Waals surface area contributed by atoms with E-state index in [-0.39, 0.29) is 0 Å². The van der Waals surface area contributed by atoms with Crippen LogP contribution in [0, 0.1) is 6.92 Å². The van der Waals surface area contributed by atoms with Crippen LogP contribution in [0.3, 0.4) is 0 Å². The van der Waals surface area contributed by atoms with Crippen LogP contribution in [-0.2, 0) is 0 Å². The van der Waals surface area contributed by atoms with E-state index in [2.05, 4.69) is 72.9 Å². The number of hydrogen-bond acceptors (Lipinski definition) is 4. The number of aryl methyl sites for hydroxylation is 1. The van der Waals surface area contributed by atoms with Crippen molar-refractivity contribution in [3.63, 3.8) is 0 Å². The summed E-state index contributed by atoms with van der Waals surface area (Å²) in [5.74, 6) is 0. The van der Waals surface area contributed by atoms with Gasteiger partial charge in [-0.3, -0.25) is 0 Å². The standard InChI is InChI=1S/C24H17NS3/c1-13-3-5-15-17-11-23-18(12-22(17)26-20(15)9-13)16-6-4-14(10-21(16)27-23)19-7-8-24(25-2)28-19/h3-12,25H,1-2H3. The van der Waals surface area contributed by atoms with Gasteiger partial charge in [-0.05, 0) is 54.4 Å². The van der Waals surface area contributed by atoms with Crippen molar-refractivity contribution < 1.29 is 0 Å². The molecule has 136 valence electrons. The number of hydrogen-bond donors (Lipinski definition) is 1. The lowest BCUT2D eigenvalue weighted by molar-refractivity contribution is 1.52. The zero-order valence-electron chi connectivity index (χ0n) is 15.5. The molecule has 6 rings (SSSR count). The van der Waals surface area contributed by atoms with E-state index < -0.39 is 0 Å². The van der Waals surface area contributed by atoms with Crippen LogP contribution in [0.5, 0.6) is 0 Å². The first-order valence-corrected chi connectivity index (χ1v) is 11.7. The monoisotopic (exact) mass is 415 g/mol. The number of benzene rings is 3. The first kappa shape index (κ1) is 16.5. The third-order valence-electron chi connectivity index (χ3n) is 5.36. The van der Waals surface area contributed by atoms with Crippen molar-refractivity contribution in [2.45, 2.75) is 6.92 Å². The summed E-state index contributed by atoms with van der Waals surface area (Å²) in [5, 5.41) is 9.94. The molecule has 0 atom stereocenters. The van der Waals surface area contributed by atoms with Crippen molar-refractivity contribution in [1.29, 1.82) is 0 Å². The maximum atomic E-state index is 3.23. The number of anilines is 1. The lowest BCUT2D eigenvalue weighted by Gasteiger charge is -1.98. The predicted molar refractivity (Wildman–Crippen MR) is 130 cm³/mol. The quantitative estimate of drug-likeness (QED) is 0.299. The molecule has 0 aliphatic rings. The van der Waals surface area contributed by atoms with Gasteiger partial charge < -0.3 is 5.32 Å². The molecule has 0 aliphatic carbocycles. The molecule has 0 saturated carbocycles. The molecule has 0 spiro atoms. The van der Waals surface area contributed by atoms with Crippen LogP contribution in [0.2, 0.25) is 0 Å². The Labute approximate surface area is 174 Å². The van der Waals surface area contributed by atoms with Gasteiger partial charge in [0.05, 0.1) is 5.00 Å². The second-order valence-electron chi connectivity index (χ2n) is 7.17. The highest BCUT2D eigenvalue weighted by atomic mass is 32.1. The normalized spacial score (nSPS) is 11.9. The van der Waals surface area contributed by atoms with Crippen LogP contribution in [0.25, 0.3) is 50.8 Å². The molecule has 28 heavy (non-hydrogen) atoms. The highest BCUT2D eigenvalue weighted by molar-refractivity contribution is 7.27. The molecule has 0 amide bonds.